The largest absolute Gasteiger partial charge is 0.463 e. The molecule has 0 radical (unpaired) electrons. The molecule has 8 unspecified atom stereocenters. The minimum Gasteiger partial charge on any atom is -0.463 e. The van der Waals surface area contributed by atoms with Gasteiger partial charge in [0.25, 0.3) is 0 Å². The van der Waals surface area contributed by atoms with Gasteiger partial charge in [-0.05, 0) is 252 Å². The normalized spacial score (nSPS) is 35.3. The smallest absolute Gasteiger partial charge is 0.347 e. The highest BCUT2D eigenvalue weighted by Gasteiger charge is 2.64. The summed E-state index contributed by atoms with van der Waals surface area (Å²) in [5, 5.41) is 10.6. The van der Waals surface area contributed by atoms with Crippen molar-refractivity contribution in [2.45, 2.75) is 325 Å². The fourth-order valence-electron chi connectivity index (χ4n) is 16.7. The highest BCUT2D eigenvalue weighted by molar-refractivity contribution is 5.83. The predicted molar refractivity (Wildman–Crippen MR) is 332 cm³/mol. The molecule has 0 aromatic heterocycles. The Hall–Kier alpha value is -3.75. The molecule has 2 aliphatic heterocycles. The predicted octanol–water partition coefficient (Wildman–Crippen LogP) is 14.9. The molecule has 15 heteroatoms. The maximum Gasteiger partial charge on any atom is 0.347 e. The Morgan fingerprint density at radius 3 is 1.43 bits per heavy atom. The second-order valence-electron chi connectivity index (χ2n) is 32.6. The first kappa shape index (κ1) is 70.7. The van der Waals surface area contributed by atoms with E-state index in [1.54, 1.807) is 13.8 Å². The number of ether oxygens (including phenoxy) is 7. The minimum atomic E-state index is -0.687. The molecule has 0 amide bonds. The van der Waals surface area contributed by atoms with E-state index >= 15 is 0 Å². The molecule has 496 valence electrons. The number of rotatable bonds is 17. The first-order chi connectivity index (χ1) is 40.5. The molecule has 2 heterocycles. The Bertz CT molecular complexity index is 2400. The zero-order chi connectivity index (χ0) is 64.5. The maximum atomic E-state index is 12.6. The van der Waals surface area contributed by atoms with Gasteiger partial charge in [0.1, 0.15) is 29.0 Å². The molecular formula is C72H118O15. The third kappa shape index (κ3) is 15.6. The first-order valence-electron chi connectivity index (χ1n) is 34.8. The van der Waals surface area contributed by atoms with Crippen LogP contribution >= 0.6 is 0 Å². The lowest BCUT2D eigenvalue weighted by atomic mass is 9.49. The summed E-state index contributed by atoms with van der Waals surface area (Å²) in [6.45, 7) is 34.0. The van der Waals surface area contributed by atoms with Crippen LogP contribution in [0.2, 0.25) is 0 Å². The molecule has 11 saturated carbocycles. The van der Waals surface area contributed by atoms with Crippen molar-refractivity contribution >= 4 is 41.8 Å². The Morgan fingerprint density at radius 2 is 0.977 bits per heavy atom. The van der Waals surface area contributed by atoms with Crippen LogP contribution in [0, 0.1) is 80.3 Å². The highest BCUT2D eigenvalue weighted by Crippen LogP contribution is 2.62. The van der Waals surface area contributed by atoms with Crippen LogP contribution in [0.3, 0.4) is 0 Å². The third-order valence-corrected chi connectivity index (χ3v) is 24.3. The topological polar surface area (TPSA) is 204 Å². The van der Waals surface area contributed by atoms with E-state index in [4.69, 9.17) is 33.2 Å². The van der Waals surface area contributed by atoms with Crippen molar-refractivity contribution in [1.29, 1.82) is 0 Å². The van der Waals surface area contributed by atoms with Crippen molar-refractivity contribution in [1.82, 2.24) is 0 Å². The quantitative estimate of drug-likeness (QED) is 0.106. The van der Waals surface area contributed by atoms with Crippen LogP contribution in [0.25, 0.3) is 0 Å². The monoisotopic (exact) mass is 1220 g/mol. The second-order valence-corrected chi connectivity index (χ2v) is 32.6. The Balaban J connectivity index is 0.000000156. The molecule has 13 fully saturated rings. The van der Waals surface area contributed by atoms with Crippen LogP contribution in [-0.4, -0.2) is 94.2 Å². The molecule has 0 aromatic rings. The lowest BCUT2D eigenvalue weighted by molar-refractivity contribution is -0.225. The molecular weight excluding hydrogens is 1100 g/mol. The molecule has 13 aliphatic rings. The summed E-state index contributed by atoms with van der Waals surface area (Å²) in [6, 6.07) is 0. The molecule has 0 aromatic carbocycles. The van der Waals surface area contributed by atoms with Gasteiger partial charge in [0, 0.05) is 24.7 Å². The molecule has 10 bridgehead atoms. The van der Waals surface area contributed by atoms with Gasteiger partial charge in [0.05, 0.1) is 45.2 Å². The summed E-state index contributed by atoms with van der Waals surface area (Å²) in [7, 11) is 0. The Morgan fingerprint density at radius 1 is 0.517 bits per heavy atom. The standard InChI is InChI=1S/C18H30O2.C16H26O3.C14H20O4.C14H26O2.C10H16O4/c1-5-17(3,4)16(19)20-18(6-2)14-8-12-7-13(10-14)11-15(18)9-12;1-4-14(2,3)13(17)19-16-8-11-5-12(9-16)7-15(18,6-11)10-16;1-4-14(2,3)13(16)18-10-7-5-8-9(6-7)12(15)17-11(8)10;1-5-13(3,4)12(15)16-14(6-2)10-8-7-9-11-14;1-4-10(2,3)9(12)14-7-5-6-13-8(7)11/h12-15H,5-11H2,1-4H3;11-12,18H,4-10H2,1-3H3;7-11H,4-6H2,1-3H3;5-11H2,1-4H3;7H,4-6H2,1-3H3. The van der Waals surface area contributed by atoms with E-state index in [1.165, 1.54) is 57.8 Å². The maximum absolute atomic E-state index is 12.6. The van der Waals surface area contributed by atoms with E-state index in [2.05, 4.69) is 20.8 Å². The summed E-state index contributed by atoms with van der Waals surface area (Å²) in [6.07, 6.45) is 25.2. The fraction of sp³-hybridized carbons (Fsp3) is 0.903. The molecule has 15 nitrogen and oxygen atoms in total. The van der Waals surface area contributed by atoms with Crippen molar-refractivity contribution in [3.8, 4) is 0 Å². The van der Waals surface area contributed by atoms with Gasteiger partial charge in [0.15, 0.2) is 0 Å². The second kappa shape index (κ2) is 27.2. The lowest BCUT2D eigenvalue weighted by Crippen LogP contribution is -2.61. The van der Waals surface area contributed by atoms with Crippen molar-refractivity contribution in [3.05, 3.63) is 0 Å². The highest BCUT2D eigenvalue weighted by atomic mass is 16.6. The number of carbonyl (C=O) groups excluding carboxylic acids is 7. The van der Waals surface area contributed by atoms with Gasteiger partial charge in [-0.15, -0.1) is 0 Å². The van der Waals surface area contributed by atoms with Gasteiger partial charge in [-0.3, -0.25) is 28.8 Å². The van der Waals surface area contributed by atoms with Gasteiger partial charge in [-0.1, -0.05) is 54.9 Å². The summed E-state index contributed by atoms with van der Waals surface area (Å²) >= 11 is 0. The zero-order valence-corrected chi connectivity index (χ0v) is 57.2. The molecule has 11 aliphatic carbocycles. The van der Waals surface area contributed by atoms with Gasteiger partial charge >= 0.3 is 41.8 Å². The first-order valence-corrected chi connectivity index (χ1v) is 34.8. The fourth-order valence-corrected chi connectivity index (χ4v) is 16.7. The number of aliphatic hydroxyl groups is 1. The van der Waals surface area contributed by atoms with Crippen LogP contribution in [-0.2, 0) is 66.7 Å². The van der Waals surface area contributed by atoms with E-state index in [0.29, 0.717) is 61.4 Å². The van der Waals surface area contributed by atoms with Crippen molar-refractivity contribution < 1.29 is 71.8 Å². The van der Waals surface area contributed by atoms with Crippen LogP contribution in [0.5, 0.6) is 0 Å². The molecule has 2 saturated heterocycles. The van der Waals surface area contributed by atoms with E-state index in [9.17, 15) is 38.7 Å². The van der Waals surface area contributed by atoms with Crippen molar-refractivity contribution in [3.63, 3.8) is 0 Å². The van der Waals surface area contributed by atoms with Gasteiger partial charge in [0.2, 0.25) is 6.10 Å². The summed E-state index contributed by atoms with van der Waals surface area (Å²) in [5.41, 5.74) is -3.25. The average Bonchev–Trinajstić information content (AvgIpc) is 1.64. The molecule has 87 heavy (non-hydrogen) atoms. The zero-order valence-electron chi connectivity index (χ0n) is 57.2. The Labute approximate surface area is 523 Å². The van der Waals surface area contributed by atoms with Crippen molar-refractivity contribution in [2.24, 2.45) is 80.3 Å². The minimum absolute atomic E-state index is 0.0150. The molecule has 1 N–H and O–H groups in total. The van der Waals surface area contributed by atoms with Crippen LogP contribution in [0.15, 0.2) is 0 Å². The van der Waals surface area contributed by atoms with Crippen LogP contribution in [0.4, 0.5) is 0 Å². The third-order valence-electron chi connectivity index (χ3n) is 24.3. The van der Waals surface area contributed by atoms with E-state index in [1.807, 2.05) is 83.1 Å². The molecule has 0 spiro atoms. The van der Waals surface area contributed by atoms with Crippen LogP contribution < -0.4 is 0 Å². The van der Waals surface area contributed by atoms with E-state index in [-0.39, 0.29) is 81.6 Å². The number of esters is 7. The SMILES string of the molecule is CCC(C)(C)C(=O)OC1(CC)C2CC3CC(C2)CC1C3.CCC(C)(C)C(=O)OC12CC3CC(CC(O)(C3)C1)C2.CCC(C)(C)C(=O)OC1C2CC3C(=O)OC1C3C2.CCC(C)(C)C(=O)OC1CCOC1=O.CCC1(OC(=O)C(C)(C)CC)CCCCC1. The number of cyclic esters (lactones) is 1. The number of carbonyl (C=O) groups is 7. The van der Waals surface area contributed by atoms with Crippen LogP contribution in [0.1, 0.15) is 285 Å². The lowest BCUT2D eigenvalue weighted by Gasteiger charge is -2.60. The van der Waals surface area contributed by atoms with Gasteiger partial charge < -0.3 is 38.3 Å². The average molecular weight is 1220 g/mol. The molecule has 8 atom stereocenters. The van der Waals surface area contributed by atoms with E-state index in [0.717, 1.165) is 102 Å². The Kier molecular flexibility index (Phi) is 22.1. The summed E-state index contributed by atoms with van der Waals surface area (Å²) in [4.78, 5) is 83.4. The van der Waals surface area contributed by atoms with Crippen molar-refractivity contribution in [2.75, 3.05) is 6.61 Å². The van der Waals surface area contributed by atoms with Gasteiger partial charge in [-0.25, -0.2) is 4.79 Å². The number of hydrogen-bond acceptors (Lipinski definition) is 15. The summed E-state index contributed by atoms with van der Waals surface area (Å²) < 4.78 is 38.9. The number of fused-ring (bicyclic) bond motifs is 1. The summed E-state index contributed by atoms with van der Waals surface area (Å²) in [5.74, 6) is 3.89. The molecule has 13 rings (SSSR count). The van der Waals surface area contributed by atoms with E-state index < -0.39 is 33.9 Å². The van der Waals surface area contributed by atoms with Gasteiger partial charge in [-0.2, -0.15) is 0 Å². The number of hydrogen-bond donors (Lipinski definition) is 1.